The zero-order valence-electron chi connectivity index (χ0n) is 14.3. The largest absolute Gasteiger partial charge is 0.396 e. The lowest BCUT2D eigenvalue weighted by Crippen LogP contribution is -2.55. The Morgan fingerprint density at radius 3 is 2.64 bits per heavy atom. The van der Waals surface area contributed by atoms with Crippen molar-refractivity contribution >= 4 is 5.78 Å². The second-order valence-corrected chi connectivity index (χ2v) is 9.43. The third-order valence-electron chi connectivity index (χ3n) is 8.60. The first-order valence-corrected chi connectivity index (χ1v) is 9.63. The molecule has 0 spiro atoms. The van der Waals surface area contributed by atoms with Crippen molar-refractivity contribution in [2.24, 2.45) is 40.4 Å². The number of ketones is 1. The summed E-state index contributed by atoms with van der Waals surface area (Å²) in [6.45, 7) is 5.31. The first-order valence-electron chi connectivity index (χ1n) is 9.63. The minimum atomic E-state index is 0.266. The fourth-order valence-corrected chi connectivity index (χ4v) is 7.60. The summed E-state index contributed by atoms with van der Waals surface area (Å²) in [6.07, 6.45) is 10.8. The quantitative estimate of drug-likeness (QED) is 0.788. The van der Waals surface area contributed by atoms with Crippen LogP contribution in [0.25, 0.3) is 0 Å². The van der Waals surface area contributed by atoms with E-state index in [1.54, 1.807) is 0 Å². The van der Waals surface area contributed by atoms with E-state index in [0.717, 1.165) is 31.1 Å². The van der Waals surface area contributed by atoms with Crippen LogP contribution >= 0.6 is 0 Å². The number of hydrogen-bond acceptors (Lipinski definition) is 2. The first kappa shape index (κ1) is 15.2. The van der Waals surface area contributed by atoms with Crippen molar-refractivity contribution < 1.29 is 9.90 Å². The van der Waals surface area contributed by atoms with Crippen LogP contribution in [0.1, 0.15) is 71.6 Å². The number of aliphatic hydroxyl groups excluding tert-OH is 1. The molecule has 0 heterocycles. The summed E-state index contributed by atoms with van der Waals surface area (Å²) in [4.78, 5) is 12.5. The molecule has 4 fully saturated rings. The number of aliphatic hydroxyl groups is 1. The molecule has 7 atom stereocenters. The van der Waals surface area contributed by atoms with Gasteiger partial charge in [-0.2, -0.15) is 0 Å². The van der Waals surface area contributed by atoms with E-state index in [0.29, 0.717) is 35.6 Å². The van der Waals surface area contributed by atoms with E-state index >= 15 is 0 Å². The minimum absolute atomic E-state index is 0.266. The Bertz CT molecular complexity index is 472. The maximum absolute atomic E-state index is 12.5. The van der Waals surface area contributed by atoms with Crippen molar-refractivity contribution in [2.45, 2.75) is 71.6 Å². The summed E-state index contributed by atoms with van der Waals surface area (Å²) in [5.74, 6) is 3.65. The van der Waals surface area contributed by atoms with Crippen molar-refractivity contribution in [1.82, 2.24) is 0 Å². The monoisotopic (exact) mass is 304 g/mol. The second-order valence-electron chi connectivity index (χ2n) is 9.43. The zero-order chi connectivity index (χ0) is 15.5. The molecular weight excluding hydrogens is 272 g/mol. The van der Waals surface area contributed by atoms with Gasteiger partial charge in [0.2, 0.25) is 0 Å². The summed E-state index contributed by atoms with van der Waals surface area (Å²) in [7, 11) is 0. The highest BCUT2D eigenvalue weighted by molar-refractivity contribution is 5.82. The molecule has 2 nitrogen and oxygen atoms in total. The molecular formula is C20H32O2. The highest BCUT2D eigenvalue weighted by Crippen LogP contribution is 2.66. The van der Waals surface area contributed by atoms with Crippen molar-refractivity contribution in [3.63, 3.8) is 0 Å². The van der Waals surface area contributed by atoms with Crippen molar-refractivity contribution in [1.29, 1.82) is 0 Å². The number of fused-ring (bicyclic) bond motifs is 5. The van der Waals surface area contributed by atoms with Gasteiger partial charge >= 0.3 is 0 Å². The van der Waals surface area contributed by atoms with E-state index in [4.69, 9.17) is 0 Å². The summed E-state index contributed by atoms with van der Waals surface area (Å²) < 4.78 is 0. The van der Waals surface area contributed by atoms with Gasteiger partial charge in [0.25, 0.3) is 0 Å². The molecule has 0 aromatic heterocycles. The molecule has 1 unspecified atom stereocenters. The topological polar surface area (TPSA) is 37.3 Å². The number of carbonyl (C=O) groups is 1. The van der Waals surface area contributed by atoms with Gasteiger partial charge in [-0.3, -0.25) is 4.79 Å². The van der Waals surface area contributed by atoms with Gasteiger partial charge in [-0.25, -0.2) is 0 Å². The van der Waals surface area contributed by atoms with E-state index in [-0.39, 0.29) is 5.41 Å². The number of carbonyl (C=O) groups excluding carboxylic acids is 1. The van der Waals surface area contributed by atoms with Gasteiger partial charge in [0, 0.05) is 18.9 Å². The Labute approximate surface area is 135 Å². The molecule has 0 aliphatic heterocycles. The standard InChI is InChI=1S/C20H32O2/c1-19-10-7-13(12-21)18(19)14-5-6-16-17(22)4-3-9-20(16,2)15(14)8-11-19/h13-16,18,21H,3-12H2,1-2H3/t13?,14-,15+,16+,18+,19+,20-/m1/s1. The average molecular weight is 304 g/mol. The van der Waals surface area contributed by atoms with Crippen LogP contribution in [0.5, 0.6) is 0 Å². The van der Waals surface area contributed by atoms with E-state index in [1.807, 2.05) is 0 Å². The van der Waals surface area contributed by atoms with Crippen LogP contribution in [0.15, 0.2) is 0 Å². The summed E-state index contributed by atoms with van der Waals surface area (Å²) in [5.41, 5.74) is 0.735. The number of hydrogen-bond donors (Lipinski definition) is 1. The molecule has 124 valence electrons. The van der Waals surface area contributed by atoms with Crippen molar-refractivity contribution in [2.75, 3.05) is 6.61 Å². The van der Waals surface area contributed by atoms with Gasteiger partial charge in [0.1, 0.15) is 5.78 Å². The lowest BCUT2D eigenvalue weighted by Gasteiger charge is -2.60. The van der Waals surface area contributed by atoms with Crippen LogP contribution in [0.4, 0.5) is 0 Å². The lowest BCUT2D eigenvalue weighted by atomic mass is 9.44. The Kier molecular flexibility index (Phi) is 3.49. The van der Waals surface area contributed by atoms with Crippen LogP contribution in [0.2, 0.25) is 0 Å². The molecule has 0 bridgehead atoms. The van der Waals surface area contributed by atoms with Crippen LogP contribution in [0.3, 0.4) is 0 Å². The van der Waals surface area contributed by atoms with E-state index in [2.05, 4.69) is 13.8 Å². The molecule has 0 amide bonds. The van der Waals surface area contributed by atoms with Crippen LogP contribution in [0, 0.1) is 40.4 Å². The normalized spacial score (nSPS) is 54.5. The molecule has 0 saturated heterocycles. The number of rotatable bonds is 1. The Hall–Kier alpha value is -0.370. The summed E-state index contributed by atoms with van der Waals surface area (Å²) in [5, 5.41) is 9.89. The maximum atomic E-state index is 12.5. The van der Waals surface area contributed by atoms with E-state index in [1.165, 1.54) is 38.5 Å². The zero-order valence-corrected chi connectivity index (χ0v) is 14.3. The third kappa shape index (κ3) is 1.92. The summed E-state index contributed by atoms with van der Waals surface area (Å²) >= 11 is 0. The molecule has 0 aromatic rings. The molecule has 22 heavy (non-hydrogen) atoms. The Balaban J connectivity index is 1.68. The van der Waals surface area contributed by atoms with E-state index in [9.17, 15) is 9.90 Å². The first-order chi connectivity index (χ1) is 10.5. The SMILES string of the molecule is C[C@@]12CCC(CO)[C@H]1[C@@H]1CC[C@H]3C(=O)CCC[C@]3(C)[C@H]1CC2. The molecule has 1 N–H and O–H groups in total. The number of Topliss-reactive ketones (excluding diaryl/α,β-unsaturated/α-hetero) is 1. The van der Waals surface area contributed by atoms with Crippen LogP contribution in [-0.2, 0) is 4.79 Å². The molecule has 4 saturated carbocycles. The van der Waals surface area contributed by atoms with Gasteiger partial charge in [0.15, 0.2) is 0 Å². The Morgan fingerprint density at radius 2 is 1.86 bits per heavy atom. The second kappa shape index (κ2) is 5.06. The molecule has 0 radical (unpaired) electrons. The van der Waals surface area contributed by atoms with Crippen molar-refractivity contribution in [3.05, 3.63) is 0 Å². The van der Waals surface area contributed by atoms with Gasteiger partial charge < -0.3 is 5.11 Å². The molecule has 4 aliphatic rings. The minimum Gasteiger partial charge on any atom is -0.396 e. The fraction of sp³-hybridized carbons (Fsp3) is 0.950. The molecule has 4 aliphatic carbocycles. The fourth-order valence-electron chi connectivity index (χ4n) is 7.60. The van der Waals surface area contributed by atoms with Gasteiger partial charge in [-0.1, -0.05) is 13.8 Å². The molecule has 2 heteroatoms. The van der Waals surface area contributed by atoms with Crippen LogP contribution in [-0.4, -0.2) is 17.5 Å². The average Bonchev–Trinajstić information content (AvgIpc) is 2.84. The smallest absolute Gasteiger partial charge is 0.136 e. The predicted octanol–water partition coefficient (Wildman–Crippen LogP) is 4.21. The predicted molar refractivity (Wildman–Crippen MR) is 87.3 cm³/mol. The van der Waals surface area contributed by atoms with Gasteiger partial charge in [-0.15, -0.1) is 0 Å². The van der Waals surface area contributed by atoms with Gasteiger partial charge in [0.05, 0.1) is 0 Å². The molecule has 0 aromatic carbocycles. The van der Waals surface area contributed by atoms with Crippen LogP contribution < -0.4 is 0 Å². The molecule has 4 rings (SSSR count). The van der Waals surface area contributed by atoms with Crippen molar-refractivity contribution in [3.8, 4) is 0 Å². The van der Waals surface area contributed by atoms with Gasteiger partial charge in [-0.05, 0) is 85.9 Å². The van der Waals surface area contributed by atoms with E-state index < -0.39 is 0 Å². The highest BCUT2D eigenvalue weighted by atomic mass is 16.3. The summed E-state index contributed by atoms with van der Waals surface area (Å²) in [6, 6.07) is 0. The Morgan fingerprint density at radius 1 is 1.09 bits per heavy atom. The lowest BCUT2D eigenvalue weighted by molar-refractivity contribution is -0.149. The third-order valence-corrected chi connectivity index (χ3v) is 8.60. The maximum Gasteiger partial charge on any atom is 0.136 e. The highest BCUT2D eigenvalue weighted by Gasteiger charge is 2.60.